The molecule has 2 heterocycles. The zero-order valence-corrected chi connectivity index (χ0v) is 17.2. The highest BCUT2D eigenvalue weighted by Gasteiger charge is 2.42. The van der Waals surface area contributed by atoms with Gasteiger partial charge in [0, 0.05) is 49.8 Å². The Labute approximate surface area is 155 Å². The van der Waals surface area contributed by atoms with Gasteiger partial charge < -0.3 is 15.5 Å². The predicted molar refractivity (Wildman–Crippen MR) is 105 cm³/mol. The number of guanidine groups is 1. The summed E-state index contributed by atoms with van der Waals surface area (Å²) in [5, 5.41) is 6.49. The smallest absolute Gasteiger partial charge is 0.220 e. The summed E-state index contributed by atoms with van der Waals surface area (Å²) in [5.74, 6) is 1.17. The molecule has 0 aromatic heterocycles. The molecule has 0 aromatic carbocycles. The summed E-state index contributed by atoms with van der Waals surface area (Å²) in [6, 6.07) is 0. The highest BCUT2D eigenvalue weighted by Crippen LogP contribution is 2.36. The van der Waals surface area contributed by atoms with E-state index in [0.29, 0.717) is 6.42 Å². The molecule has 1 atom stereocenters. The average Bonchev–Trinajstić information content (AvgIpc) is 2.80. The molecule has 2 aliphatic heterocycles. The third kappa shape index (κ3) is 4.91. The molecule has 0 radical (unpaired) electrons. The number of nitrogens with one attached hydrogen (secondary N) is 2. The average molecular weight is 440 g/mol. The van der Waals surface area contributed by atoms with Gasteiger partial charge in [0.1, 0.15) is 0 Å². The van der Waals surface area contributed by atoms with Gasteiger partial charge in [-0.05, 0) is 32.9 Å². The molecule has 2 N–H and O–H groups in total. The van der Waals surface area contributed by atoms with Gasteiger partial charge in [-0.25, -0.2) is 0 Å². The number of amides is 1. The first-order valence-electron chi connectivity index (χ1n) is 7.67. The van der Waals surface area contributed by atoms with E-state index in [9.17, 15) is 4.79 Å². The van der Waals surface area contributed by atoms with Crippen LogP contribution in [0.15, 0.2) is 4.99 Å². The Kier molecular flexibility index (Phi) is 7.29. The maximum Gasteiger partial charge on any atom is 0.220 e. The minimum Gasteiger partial charge on any atom is -0.355 e. The zero-order chi connectivity index (χ0) is 15.5. The molecule has 2 aliphatic rings. The Balaban J connectivity index is 0.00000242. The summed E-state index contributed by atoms with van der Waals surface area (Å²) in [4.78, 5) is 18.3. The number of carbonyl (C=O) groups is 1. The number of carbonyl (C=O) groups excluding carboxylic acids is 1. The standard InChI is InChI=1S/C15H28N4OS.HI/c1-14(2,21-4)9-18-13(16-3)19-7-5-6-15(11-19)8-12(20)17-10-15;/h5-11H2,1-4H3,(H,16,18)(H,17,20);1H. The van der Waals surface area contributed by atoms with E-state index in [0.717, 1.165) is 45.0 Å². The summed E-state index contributed by atoms with van der Waals surface area (Å²) >= 11 is 1.85. The topological polar surface area (TPSA) is 56.7 Å². The number of piperidine rings is 1. The lowest BCUT2D eigenvalue weighted by molar-refractivity contribution is -0.119. The fourth-order valence-corrected chi connectivity index (χ4v) is 3.34. The van der Waals surface area contributed by atoms with Crippen LogP contribution in [0.1, 0.15) is 33.1 Å². The number of hydrogen-bond donors (Lipinski definition) is 2. The van der Waals surface area contributed by atoms with Gasteiger partial charge in [0.05, 0.1) is 0 Å². The molecule has 1 amide bonds. The lowest BCUT2D eigenvalue weighted by Crippen LogP contribution is -2.52. The number of rotatable bonds is 3. The molecule has 7 heteroatoms. The van der Waals surface area contributed by atoms with Gasteiger partial charge >= 0.3 is 0 Å². The molecule has 0 saturated carbocycles. The molecule has 2 saturated heterocycles. The van der Waals surface area contributed by atoms with Gasteiger partial charge in [-0.2, -0.15) is 11.8 Å². The normalized spacial score (nSPS) is 25.9. The van der Waals surface area contributed by atoms with Gasteiger partial charge in [-0.1, -0.05) is 0 Å². The van der Waals surface area contributed by atoms with E-state index in [1.807, 2.05) is 18.8 Å². The number of thioether (sulfide) groups is 1. The molecule has 2 rings (SSSR count). The Hall–Kier alpha value is -0.180. The summed E-state index contributed by atoms with van der Waals surface area (Å²) in [5.41, 5.74) is 0.113. The highest BCUT2D eigenvalue weighted by molar-refractivity contribution is 14.0. The number of halogens is 1. The van der Waals surface area contributed by atoms with Crippen molar-refractivity contribution in [3.63, 3.8) is 0 Å². The lowest BCUT2D eigenvalue weighted by atomic mass is 9.79. The number of nitrogens with zero attached hydrogens (tertiary/aromatic N) is 2. The van der Waals surface area contributed by atoms with Crippen LogP contribution in [-0.4, -0.2) is 61.0 Å². The van der Waals surface area contributed by atoms with Crippen LogP contribution in [-0.2, 0) is 4.79 Å². The quantitative estimate of drug-likeness (QED) is 0.400. The van der Waals surface area contributed by atoms with E-state index in [-0.39, 0.29) is 40.0 Å². The summed E-state index contributed by atoms with van der Waals surface area (Å²) in [7, 11) is 1.84. The van der Waals surface area contributed by atoms with Crippen LogP contribution in [0, 0.1) is 5.41 Å². The first-order valence-corrected chi connectivity index (χ1v) is 8.90. The summed E-state index contributed by atoms with van der Waals surface area (Å²) in [6.07, 6.45) is 5.06. The van der Waals surface area contributed by atoms with E-state index < -0.39 is 0 Å². The van der Waals surface area contributed by atoms with Crippen LogP contribution < -0.4 is 10.6 Å². The van der Waals surface area contributed by atoms with Crippen molar-refractivity contribution in [1.82, 2.24) is 15.5 Å². The molecular formula is C15H29IN4OS. The minimum absolute atomic E-state index is 0. The molecule has 22 heavy (non-hydrogen) atoms. The number of likely N-dealkylation sites (tertiary alicyclic amines) is 1. The van der Waals surface area contributed by atoms with Crippen molar-refractivity contribution in [2.75, 3.05) is 39.5 Å². The van der Waals surface area contributed by atoms with Crippen LogP contribution in [0.25, 0.3) is 0 Å². The monoisotopic (exact) mass is 440 g/mol. The molecular weight excluding hydrogens is 411 g/mol. The van der Waals surface area contributed by atoms with Gasteiger partial charge in [0.15, 0.2) is 5.96 Å². The van der Waals surface area contributed by atoms with Crippen LogP contribution in [0.2, 0.25) is 0 Å². The first kappa shape index (κ1) is 19.9. The molecule has 1 unspecified atom stereocenters. The van der Waals surface area contributed by atoms with E-state index in [1.54, 1.807) is 0 Å². The van der Waals surface area contributed by atoms with Crippen LogP contribution >= 0.6 is 35.7 Å². The second kappa shape index (κ2) is 8.08. The van der Waals surface area contributed by atoms with Crippen LogP contribution in [0.4, 0.5) is 0 Å². The van der Waals surface area contributed by atoms with Gasteiger partial charge in [0.25, 0.3) is 0 Å². The van der Waals surface area contributed by atoms with Crippen molar-refractivity contribution in [1.29, 1.82) is 0 Å². The van der Waals surface area contributed by atoms with Gasteiger partial charge in [0.2, 0.25) is 5.91 Å². The molecule has 5 nitrogen and oxygen atoms in total. The van der Waals surface area contributed by atoms with E-state index in [2.05, 4.69) is 40.6 Å². The van der Waals surface area contributed by atoms with E-state index in [1.165, 1.54) is 0 Å². The minimum atomic E-state index is 0. The van der Waals surface area contributed by atoms with Crippen molar-refractivity contribution in [2.45, 2.75) is 37.9 Å². The predicted octanol–water partition coefficient (Wildman–Crippen LogP) is 1.92. The van der Waals surface area contributed by atoms with Gasteiger partial charge in [-0.15, -0.1) is 24.0 Å². The van der Waals surface area contributed by atoms with Crippen molar-refractivity contribution in [2.24, 2.45) is 10.4 Å². The summed E-state index contributed by atoms with van der Waals surface area (Å²) in [6.45, 7) is 8.11. The largest absolute Gasteiger partial charge is 0.355 e. The fourth-order valence-electron chi connectivity index (χ4n) is 3.13. The second-order valence-electron chi connectivity index (χ2n) is 6.84. The maximum absolute atomic E-state index is 11.6. The van der Waals surface area contributed by atoms with Crippen molar-refractivity contribution in [3.05, 3.63) is 0 Å². The molecule has 1 spiro atoms. The summed E-state index contributed by atoms with van der Waals surface area (Å²) < 4.78 is 0.189. The van der Waals surface area contributed by atoms with Crippen molar-refractivity contribution in [3.8, 4) is 0 Å². The number of hydrogen-bond acceptors (Lipinski definition) is 3. The van der Waals surface area contributed by atoms with Gasteiger partial charge in [-0.3, -0.25) is 9.79 Å². The Morgan fingerprint density at radius 2 is 2.27 bits per heavy atom. The van der Waals surface area contributed by atoms with Crippen LogP contribution in [0.3, 0.4) is 0 Å². The Bertz CT molecular complexity index is 430. The van der Waals surface area contributed by atoms with E-state index >= 15 is 0 Å². The second-order valence-corrected chi connectivity index (χ2v) is 8.36. The highest BCUT2D eigenvalue weighted by atomic mass is 127. The van der Waals surface area contributed by atoms with Crippen LogP contribution in [0.5, 0.6) is 0 Å². The third-order valence-electron chi connectivity index (χ3n) is 4.59. The fraction of sp³-hybridized carbons (Fsp3) is 0.867. The number of aliphatic imine (C=N–C) groups is 1. The molecule has 0 aromatic rings. The van der Waals surface area contributed by atoms with E-state index in [4.69, 9.17) is 0 Å². The third-order valence-corrected chi connectivity index (χ3v) is 5.84. The first-order chi connectivity index (χ1) is 9.90. The molecule has 0 aliphatic carbocycles. The van der Waals surface area contributed by atoms with Crippen molar-refractivity contribution < 1.29 is 4.79 Å². The Morgan fingerprint density at radius 1 is 1.55 bits per heavy atom. The van der Waals surface area contributed by atoms with Crippen molar-refractivity contribution >= 4 is 47.6 Å². The maximum atomic E-state index is 11.6. The molecule has 0 bridgehead atoms. The SMILES string of the molecule is CN=C(NCC(C)(C)SC)N1CCCC2(CNC(=O)C2)C1.I. The molecule has 2 fully saturated rings. The Morgan fingerprint density at radius 3 is 2.82 bits per heavy atom. The lowest BCUT2D eigenvalue weighted by Gasteiger charge is -2.41. The molecule has 128 valence electrons. The zero-order valence-electron chi connectivity index (χ0n) is 14.1.